The lowest BCUT2D eigenvalue weighted by molar-refractivity contribution is -0.139. The van der Waals surface area contributed by atoms with Gasteiger partial charge in [0.15, 0.2) is 0 Å². The molecule has 0 unspecified atom stereocenters. The summed E-state index contributed by atoms with van der Waals surface area (Å²) in [5.41, 5.74) is 0. The van der Waals surface area contributed by atoms with Gasteiger partial charge in [0.05, 0.1) is 6.54 Å². The van der Waals surface area contributed by atoms with Gasteiger partial charge in [-0.3, -0.25) is 9.69 Å². The fourth-order valence-corrected chi connectivity index (χ4v) is 2.03. The molecule has 0 atom stereocenters. The van der Waals surface area contributed by atoms with Crippen LogP contribution in [0.1, 0.15) is 53.4 Å². The lowest BCUT2D eigenvalue weighted by Crippen LogP contribution is -2.43. The summed E-state index contributed by atoms with van der Waals surface area (Å²) in [4.78, 5) is 12.9. The first-order valence-electron chi connectivity index (χ1n) is 6.00. The summed E-state index contributed by atoms with van der Waals surface area (Å²) in [6, 6.07) is 0.736. The molecule has 3 heteroatoms. The fourth-order valence-electron chi connectivity index (χ4n) is 2.03. The van der Waals surface area contributed by atoms with Crippen molar-refractivity contribution >= 4 is 5.97 Å². The van der Waals surface area contributed by atoms with E-state index in [1.807, 2.05) is 0 Å². The van der Waals surface area contributed by atoms with E-state index in [-0.39, 0.29) is 6.54 Å². The summed E-state index contributed by atoms with van der Waals surface area (Å²) in [7, 11) is 0. The van der Waals surface area contributed by atoms with Crippen LogP contribution in [0, 0.1) is 0 Å². The third-order valence-electron chi connectivity index (χ3n) is 2.69. The smallest absolute Gasteiger partial charge is 0.317 e. The number of aliphatic carboxylic acids is 1. The van der Waals surface area contributed by atoms with Gasteiger partial charge in [0.2, 0.25) is 0 Å². The summed E-state index contributed by atoms with van der Waals surface area (Å²) in [5.74, 6) is -0.721. The summed E-state index contributed by atoms with van der Waals surface area (Å²) < 4.78 is 0. The first-order valence-corrected chi connectivity index (χ1v) is 6.00. The van der Waals surface area contributed by atoms with Crippen LogP contribution in [0.15, 0.2) is 0 Å². The highest BCUT2D eigenvalue weighted by molar-refractivity contribution is 5.69. The number of carbonyl (C=O) groups is 1. The normalized spacial score (nSPS) is 11.7. The Bertz CT molecular complexity index is 174. The standard InChI is InChI=1S/C12H25NO2/c1-5-7-11(8-6-2)13(10(3)4)9-12(14)15/h10-11H,5-9H2,1-4H3,(H,14,15). The van der Waals surface area contributed by atoms with E-state index in [1.54, 1.807) is 0 Å². The first kappa shape index (κ1) is 14.4. The van der Waals surface area contributed by atoms with Crippen molar-refractivity contribution in [3.63, 3.8) is 0 Å². The Morgan fingerprint density at radius 3 is 1.93 bits per heavy atom. The second-order valence-electron chi connectivity index (χ2n) is 4.39. The van der Waals surface area contributed by atoms with Gasteiger partial charge in [-0.2, -0.15) is 0 Å². The highest BCUT2D eigenvalue weighted by atomic mass is 16.4. The zero-order valence-corrected chi connectivity index (χ0v) is 10.5. The van der Waals surface area contributed by atoms with Gasteiger partial charge in [0.25, 0.3) is 0 Å². The van der Waals surface area contributed by atoms with E-state index in [2.05, 4.69) is 32.6 Å². The molecule has 0 heterocycles. The molecule has 15 heavy (non-hydrogen) atoms. The van der Waals surface area contributed by atoms with Gasteiger partial charge < -0.3 is 5.11 Å². The molecular weight excluding hydrogens is 190 g/mol. The van der Waals surface area contributed by atoms with Gasteiger partial charge in [-0.05, 0) is 26.7 Å². The van der Waals surface area contributed by atoms with E-state index in [4.69, 9.17) is 5.11 Å². The van der Waals surface area contributed by atoms with Crippen molar-refractivity contribution in [2.45, 2.75) is 65.5 Å². The minimum absolute atomic E-state index is 0.169. The molecule has 0 bridgehead atoms. The largest absolute Gasteiger partial charge is 0.480 e. The van der Waals surface area contributed by atoms with Crippen molar-refractivity contribution in [2.24, 2.45) is 0 Å². The van der Waals surface area contributed by atoms with Gasteiger partial charge in [-0.15, -0.1) is 0 Å². The zero-order valence-electron chi connectivity index (χ0n) is 10.5. The Labute approximate surface area is 93.5 Å². The van der Waals surface area contributed by atoms with Gasteiger partial charge in [-0.1, -0.05) is 26.7 Å². The van der Waals surface area contributed by atoms with Crippen molar-refractivity contribution in [3.05, 3.63) is 0 Å². The fraction of sp³-hybridized carbons (Fsp3) is 0.917. The Kier molecular flexibility index (Phi) is 7.39. The molecule has 0 saturated carbocycles. The highest BCUT2D eigenvalue weighted by Crippen LogP contribution is 2.15. The molecule has 90 valence electrons. The van der Waals surface area contributed by atoms with E-state index in [9.17, 15) is 4.79 Å². The molecule has 0 radical (unpaired) electrons. The Morgan fingerprint density at radius 2 is 1.67 bits per heavy atom. The predicted octanol–water partition coefficient (Wildman–Crippen LogP) is 2.75. The highest BCUT2D eigenvalue weighted by Gasteiger charge is 2.21. The van der Waals surface area contributed by atoms with E-state index in [0.29, 0.717) is 12.1 Å². The summed E-state index contributed by atoms with van der Waals surface area (Å²) in [5, 5.41) is 8.88. The van der Waals surface area contributed by atoms with Crippen molar-refractivity contribution in [3.8, 4) is 0 Å². The molecule has 0 aromatic rings. The minimum atomic E-state index is -0.721. The third-order valence-corrected chi connectivity index (χ3v) is 2.69. The lowest BCUT2D eigenvalue weighted by Gasteiger charge is -2.33. The molecule has 0 saturated heterocycles. The van der Waals surface area contributed by atoms with E-state index >= 15 is 0 Å². The van der Waals surface area contributed by atoms with Gasteiger partial charge >= 0.3 is 5.97 Å². The van der Waals surface area contributed by atoms with Crippen LogP contribution < -0.4 is 0 Å². The van der Waals surface area contributed by atoms with E-state index in [0.717, 1.165) is 25.7 Å². The molecule has 0 rings (SSSR count). The lowest BCUT2D eigenvalue weighted by atomic mass is 10.0. The average Bonchev–Trinajstić information content (AvgIpc) is 2.13. The molecule has 0 aliphatic rings. The van der Waals surface area contributed by atoms with Crippen molar-refractivity contribution in [1.29, 1.82) is 0 Å². The van der Waals surface area contributed by atoms with E-state index in [1.165, 1.54) is 0 Å². The van der Waals surface area contributed by atoms with Crippen LogP contribution >= 0.6 is 0 Å². The number of carboxylic acids is 1. The van der Waals surface area contributed by atoms with Crippen LogP contribution in [0.5, 0.6) is 0 Å². The SMILES string of the molecule is CCCC(CCC)N(CC(=O)O)C(C)C. The topological polar surface area (TPSA) is 40.5 Å². The third kappa shape index (κ3) is 5.78. The molecule has 0 fully saturated rings. The zero-order chi connectivity index (χ0) is 11.8. The molecule has 0 aliphatic carbocycles. The monoisotopic (exact) mass is 215 g/mol. The van der Waals surface area contributed by atoms with Crippen LogP contribution in [0.25, 0.3) is 0 Å². The second kappa shape index (κ2) is 7.69. The maximum atomic E-state index is 10.8. The maximum absolute atomic E-state index is 10.8. The van der Waals surface area contributed by atoms with E-state index < -0.39 is 5.97 Å². The molecule has 1 N–H and O–H groups in total. The number of nitrogens with zero attached hydrogens (tertiary/aromatic N) is 1. The molecule has 3 nitrogen and oxygen atoms in total. The molecule has 0 aromatic heterocycles. The van der Waals surface area contributed by atoms with Crippen molar-refractivity contribution in [2.75, 3.05) is 6.54 Å². The number of hydrogen-bond acceptors (Lipinski definition) is 2. The summed E-state index contributed by atoms with van der Waals surface area (Å²) >= 11 is 0. The van der Waals surface area contributed by atoms with Gasteiger partial charge in [0, 0.05) is 12.1 Å². The Balaban J connectivity index is 4.43. The molecule has 0 aliphatic heterocycles. The number of rotatable bonds is 8. The van der Waals surface area contributed by atoms with Crippen molar-refractivity contribution in [1.82, 2.24) is 4.90 Å². The predicted molar refractivity (Wildman–Crippen MR) is 63.1 cm³/mol. The Hall–Kier alpha value is -0.570. The molecule has 0 aromatic carbocycles. The van der Waals surface area contributed by atoms with Crippen LogP contribution in [-0.4, -0.2) is 34.6 Å². The average molecular weight is 215 g/mol. The summed E-state index contributed by atoms with van der Waals surface area (Å²) in [6.07, 6.45) is 4.43. The minimum Gasteiger partial charge on any atom is -0.480 e. The first-order chi connectivity index (χ1) is 7.02. The summed E-state index contributed by atoms with van der Waals surface area (Å²) in [6.45, 7) is 8.62. The van der Waals surface area contributed by atoms with Crippen molar-refractivity contribution < 1.29 is 9.90 Å². The van der Waals surface area contributed by atoms with Crippen LogP contribution in [0.3, 0.4) is 0 Å². The molecule has 0 spiro atoms. The van der Waals surface area contributed by atoms with Crippen LogP contribution in [0.2, 0.25) is 0 Å². The second-order valence-corrected chi connectivity index (χ2v) is 4.39. The van der Waals surface area contributed by atoms with Crippen LogP contribution in [0.4, 0.5) is 0 Å². The molecule has 0 amide bonds. The molecular formula is C12H25NO2. The van der Waals surface area contributed by atoms with Gasteiger partial charge in [-0.25, -0.2) is 0 Å². The Morgan fingerprint density at radius 1 is 1.20 bits per heavy atom. The number of hydrogen-bond donors (Lipinski definition) is 1. The van der Waals surface area contributed by atoms with Crippen LogP contribution in [-0.2, 0) is 4.79 Å². The number of carboxylic acid groups (broad SMARTS) is 1. The van der Waals surface area contributed by atoms with Gasteiger partial charge in [0.1, 0.15) is 0 Å². The quantitative estimate of drug-likeness (QED) is 0.677. The maximum Gasteiger partial charge on any atom is 0.317 e.